The number of hydrogen-bond donors (Lipinski definition) is 0. The highest BCUT2D eigenvalue weighted by Gasteiger charge is 2.28. The summed E-state index contributed by atoms with van der Waals surface area (Å²) in [6.45, 7) is 2.80. The molecular formula is C14H10N4O8S. The number of nitro benzene ring substituents is 4. The Hall–Kier alpha value is -3.61. The van der Waals surface area contributed by atoms with Crippen molar-refractivity contribution >= 4 is 34.5 Å². The molecule has 0 unspecified atom stereocenters. The van der Waals surface area contributed by atoms with Gasteiger partial charge in [-0.15, -0.1) is 0 Å². The van der Waals surface area contributed by atoms with E-state index in [1.54, 1.807) is 0 Å². The summed E-state index contributed by atoms with van der Waals surface area (Å²) in [5, 5.41) is 44.5. The fourth-order valence-corrected chi connectivity index (χ4v) is 3.44. The Balaban J connectivity index is 2.70. The molecule has 0 aliphatic rings. The van der Waals surface area contributed by atoms with Crippen molar-refractivity contribution in [2.45, 2.75) is 23.6 Å². The Morgan fingerprint density at radius 2 is 0.963 bits per heavy atom. The van der Waals surface area contributed by atoms with Crippen LogP contribution < -0.4 is 0 Å². The van der Waals surface area contributed by atoms with Gasteiger partial charge in [-0.25, -0.2) is 0 Å². The maximum Gasteiger partial charge on any atom is 0.290 e. The van der Waals surface area contributed by atoms with Crippen molar-refractivity contribution in [1.82, 2.24) is 0 Å². The van der Waals surface area contributed by atoms with E-state index in [2.05, 4.69) is 0 Å². The minimum atomic E-state index is -0.825. The van der Waals surface area contributed by atoms with Crippen LogP contribution in [0.2, 0.25) is 0 Å². The van der Waals surface area contributed by atoms with Crippen LogP contribution in [-0.4, -0.2) is 19.7 Å². The molecule has 0 aromatic heterocycles. The molecule has 0 spiro atoms. The monoisotopic (exact) mass is 394 g/mol. The van der Waals surface area contributed by atoms with Crippen molar-refractivity contribution in [2.75, 3.05) is 0 Å². The van der Waals surface area contributed by atoms with E-state index < -0.39 is 42.4 Å². The largest absolute Gasteiger partial charge is 0.290 e. The molecule has 0 radical (unpaired) electrons. The molecule has 140 valence electrons. The lowest BCUT2D eigenvalue weighted by Crippen LogP contribution is -2.00. The van der Waals surface area contributed by atoms with Gasteiger partial charge in [0.1, 0.15) is 0 Å². The summed E-state index contributed by atoms with van der Waals surface area (Å²) in [6, 6.07) is 3.76. The second-order valence-electron chi connectivity index (χ2n) is 5.35. The topological polar surface area (TPSA) is 173 Å². The van der Waals surface area contributed by atoms with E-state index in [4.69, 9.17) is 0 Å². The van der Waals surface area contributed by atoms with Gasteiger partial charge in [-0.3, -0.25) is 40.5 Å². The molecule has 12 nitrogen and oxygen atoms in total. The first-order valence-corrected chi connectivity index (χ1v) is 7.89. The SMILES string of the molecule is Cc1cc([N+](=O)[O-])cc([N+](=O)[O-])c1Sc1c(C)cc([N+](=O)[O-])cc1[N+](=O)[O-]. The summed E-state index contributed by atoms with van der Waals surface area (Å²) in [6.07, 6.45) is 0. The quantitative estimate of drug-likeness (QED) is 0.516. The lowest BCUT2D eigenvalue weighted by molar-refractivity contribution is -0.396. The molecule has 0 atom stereocenters. The third-order valence-electron chi connectivity index (χ3n) is 3.50. The minimum Gasteiger partial charge on any atom is -0.258 e. The molecule has 27 heavy (non-hydrogen) atoms. The average molecular weight is 394 g/mol. The van der Waals surface area contributed by atoms with E-state index in [9.17, 15) is 40.5 Å². The van der Waals surface area contributed by atoms with Gasteiger partial charge >= 0.3 is 0 Å². The van der Waals surface area contributed by atoms with Crippen LogP contribution in [0.25, 0.3) is 0 Å². The number of benzene rings is 2. The molecule has 13 heteroatoms. The number of nitro groups is 4. The molecule has 0 saturated heterocycles. The Kier molecular flexibility index (Phi) is 5.35. The van der Waals surface area contributed by atoms with Crippen LogP contribution in [0.15, 0.2) is 34.1 Å². The van der Waals surface area contributed by atoms with Crippen LogP contribution >= 0.6 is 11.8 Å². The van der Waals surface area contributed by atoms with Gasteiger partial charge in [0.25, 0.3) is 22.7 Å². The zero-order chi connectivity index (χ0) is 20.5. The first-order chi connectivity index (χ1) is 12.5. The maximum atomic E-state index is 11.3. The molecule has 0 aliphatic carbocycles. The van der Waals surface area contributed by atoms with Crippen molar-refractivity contribution in [3.8, 4) is 0 Å². The summed E-state index contributed by atoms with van der Waals surface area (Å²) in [4.78, 5) is 41.2. The van der Waals surface area contributed by atoms with E-state index in [-0.39, 0.29) is 20.9 Å². The maximum absolute atomic E-state index is 11.3. The van der Waals surface area contributed by atoms with Crippen LogP contribution in [0.1, 0.15) is 11.1 Å². The standard InChI is InChI=1S/C14H10N4O8S/c1-7-3-9(15(19)20)5-11(17(23)24)13(7)27-14-8(2)4-10(16(21)22)6-12(14)18(25)26/h3-6H,1-2H3. The lowest BCUT2D eigenvalue weighted by Gasteiger charge is -2.09. The minimum absolute atomic E-state index is 0.0225. The number of non-ortho nitro benzene ring substituents is 2. The van der Waals surface area contributed by atoms with E-state index >= 15 is 0 Å². The lowest BCUT2D eigenvalue weighted by atomic mass is 10.2. The Labute approximate surface area is 154 Å². The number of nitrogens with zero attached hydrogens (tertiary/aromatic N) is 4. The molecule has 0 N–H and O–H groups in total. The molecule has 0 bridgehead atoms. The molecule has 0 saturated carbocycles. The molecule has 0 heterocycles. The molecule has 0 amide bonds. The van der Waals surface area contributed by atoms with Gasteiger partial charge in [0.15, 0.2) is 0 Å². The second kappa shape index (κ2) is 7.33. The summed E-state index contributed by atoms with van der Waals surface area (Å²) < 4.78 is 0. The van der Waals surface area contributed by atoms with Crippen LogP contribution in [0.5, 0.6) is 0 Å². The Morgan fingerprint density at radius 3 is 1.22 bits per heavy atom. The summed E-state index contributed by atoms with van der Waals surface area (Å²) in [7, 11) is 0. The van der Waals surface area contributed by atoms with Gasteiger partial charge < -0.3 is 0 Å². The van der Waals surface area contributed by atoms with Gasteiger partial charge in [0, 0.05) is 12.1 Å². The third-order valence-corrected chi connectivity index (χ3v) is 4.97. The molecule has 0 aliphatic heterocycles. The second-order valence-corrected chi connectivity index (χ2v) is 6.37. The first-order valence-electron chi connectivity index (χ1n) is 7.07. The molecule has 2 aromatic rings. The van der Waals surface area contributed by atoms with Gasteiger partial charge in [-0.05, 0) is 25.0 Å². The highest BCUT2D eigenvalue weighted by molar-refractivity contribution is 7.99. The van der Waals surface area contributed by atoms with Crippen molar-refractivity contribution < 1.29 is 19.7 Å². The zero-order valence-electron chi connectivity index (χ0n) is 13.8. The van der Waals surface area contributed by atoms with E-state index in [0.717, 1.165) is 24.3 Å². The van der Waals surface area contributed by atoms with Gasteiger partial charge in [0.05, 0.1) is 41.6 Å². The fourth-order valence-electron chi connectivity index (χ4n) is 2.32. The summed E-state index contributed by atoms with van der Waals surface area (Å²) in [5.74, 6) is 0. The molecule has 2 rings (SSSR count). The van der Waals surface area contributed by atoms with Gasteiger partial charge in [0.2, 0.25) is 0 Å². The van der Waals surface area contributed by atoms with Crippen molar-refractivity contribution in [3.63, 3.8) is 0 Å². The zero-order valence-corrected chi connectivity index (χ0v) is 14.6. The predicted molar refractivity (Wildman–Crippen MR) is 93.1 cm³/mol. The molecule has 2 aromatic carbocycles. The Bertz CT molecular complexity index is 928. The van der Waals surface area contributed by atoms with Crippen LogP contribution in [0.4, 0.5) is 22.7 Å². The van der Waals surface area contributed by atoms with Crippen LogP contribution in [-0.2, 0) is 0 Å². The van der Waals surface area contributed by atoms with E-state index in [0.29, 0.717) is 11.8 Å². The van der Waals surface area contributed by atoms with Crippen LogP contribution in [0, 0.1) is 54.3 Å². The van der Waals surface area contributed by atoms with Gasteiger partial charge in [-0.1, -0.05) is 11.8 Å². The van der Waals surface area contributed by atoms with Crippen LogP contribution in [0.3, 0.4) is 0 Å². The molecule has 0 fully saturated rings. The fraction of sp³-hybridized carbons (Fsp3) is 0.143. The van der Waals surface area contributed by atoms with Crippen molar-refractivity contribution in [1.29, 1.82) is 0 Å². The van der Waals surface area contributed by atoms with E-state index in [1.807, 2.05) is 0 Å². The smallest absolute Gasteiger partial charge is 0.258 e. The summed E-state index contributed by atoms with van der Waals surface area (Å²) >= 11 is 0.663. The number of aryl methyl sites for hydroxylation is 2. The normalized spacial score (nSPS) is 10.4. The predicted octanol–water partition coefficient (Wildman–Crippen LogP) is 4.09. The Morgan fingerprint density at radius 1 is 0.630 bits per heavy atom. The highest BCUT2D eigenvalue weighted by atomic mass is 32.2. The van der Waals surface area contributed by atoms with Gasteiger partial charge in [-0.2, -0.15) is 0 Å². The molecular weight excluding hydrogens is 384 g/mol. The average Bonchev–Trinajstić information content (AvgIpc) is 2.56. The highest BCUT2D eigenvalue weighted by Crippen LogP contribution is 2.45. The number of hydrogen-bond acceptors (Lipinski definition) is 9. The third kappa shape index (κ3) is 3.98. The van der Waals surface area contributed by atoms with Crippen molar-refractivity contribution in [2.24, 2.45) is 0 Å². The van der Waals surface area contributed by atoms with Crippen molar-refractivity contribution in [3.05, 3.63) is 75.8 Å². The summed E-state index contributed by atoms with van der Waals surface area (Å²) in [5.41, 5.74) is -1.80. The number of rotatable bonds is 6. The first kappa shape index (κ1) is 19.7. The van der Waals surface area contributed by atoms with E-state index in [1.165, 1.54) is 13.8 Å².